The third kappa shape index (κ3) is 2.96. The van der Waals surface area contributed by atoms with Gasteiger partial charge in [0.15, 0.2) is 5.78 Å². The second-order valence-corrected chi connectivity index (χ2v) is 5.55. The smallest absolute Gasteiger partial charge is 0.293 e. The Morgan fingerprint density at radius 1 is 1.45 bits per heavy atom. The average molecular weight is 278 g/mol. The fourth-order valence-electron chi connectivity index (χ4n) is 2.38. The maximum Gasteiger partial charge on any atom is 0.293 e. The van der Waals surface area contributed by atoms with Gasteiger partial charge in [0.1, 0.15) is 5.69 Å². The molecular formula is C14H18N2O4. The summed E-state index contributed by atoms with van der Waals surface area (Å²) in [4.78, 5) is 24.1. The minimum Gasteiger partial charge on any atom is -0.372 e. The number of carbonyl (C=O) groups excluding carboxylic acids is 1. The highest BCUT2D eigenvalue weighted by Gasteiger charge is 2.30. The van der Waals surface area contributed by atoms with E-state index in [4.69, 9.17) is 4.74 Å². The van der Waals surface area contributed by atoms with Gasteiger partial charge in [-0.1, -0.05) is 0 Å². The van der Waals surface area contributed by atoms with E-state index in [9.17, 15) is 14.9 Å². The van der Waals surface area contributed by atoms with Crippen molar-refractivity contribution >= 4 is 17.2 Å². The molecule has 0 aliphatic carbocycles. The monoisotopic (exact) mass is 278 g/mol. The third-order valence-electron chi connectivity index (χ3n) is 3.34. The zero-order valence-electron chi connectivity index (χ0n) is 11.9. The molecule has 0 unspecified atom stereocenters. The summed E-state index contributed by atoms with van der Waals surface area (Å²) in [6, 6.07) is 4.63. The van der Waals surface area contributed by atoms with Gasteiger partial charge >= 0.3 is 0 Å². The molecule has 0 N–H and O–H groups in total. The highest BCUT2D eigenvalue weighted by Crippen LogP contribution is 2.32. The molecule has 0 aromatic heterocycles. The number of morpholine rings is 1. The minimum atomic E-state index is -0.440. The van der Waals surface area contributed by atoms with Crippen molar-refractivity contribution in [2.45, 2.75) is 26.4 Å². The van der Waals surface area contributed by atoms with E-state index in [0.717, 1.165) is 0 Å². The Bertz CT molecular complexity index is 554. The molecule has 6 nitrogen and oxygen atoms in total. The van der Waals surface area contributed by atoms with Crippen molar-refractivity contribution in [3.8, 4) is 0 Å². The lowest BCUT2D eigenvalue weighted by atomic mass is 10.0. The topological polar surface area (TPSA) is 72.7 Å². The highest BCUT2D eigenvalue weighted by molar-refractivity contribution is 5.95. The van der Waals surface area contributed by atoms with Crippen LogP contribution in [0.25, 0.3) is 0 Å². The van der Waals surface area contributed by atoms with E-state index in [1.807, 2.05) is 18.7 Å². The Morgan fingerprint density at radius 3 is 2.70 bits per heavy atom. The zero-order valence-corrected chi connectivity index (χ0v) is 11.9. The molecular weight excluding hydrogens is 260 g/mol. The quantitative estimate of drug-likeness (QED) is 0.482. The van der Waals surface area contributed by atoms with E-state index < -0.39 is 4.92 Å². The summed E-state index contributed by atoms with van der Waals surface area (Å²) in [5.41, 5.74) is 0.519. The van der Waals surface area contributed by atoms with Crippen LogP contribution in [0.5, 0.6) is 0 Å². The summed E-state index contributed by atoms with van der Waals surface area (Å²) in [6.07, 6.45) is 0. The lowest BCUT2D eigenvalue weighted by Gasteiger charge is -2.39. The van der Waals surface area contributed by atoms with Crippen LogP contribution in [0.4, 0.5) is 11.4 Å². The number of Topliss-reactive ketones (excluding diaryl/α,β-unsaturated/α-hetero) is 1. The number of hydrogen-bond donors (Lipinski definition) is 0. The maximum absolute atomic E-state index is 11.4. The van der Waals surface area contributed by atoms with Gasteiger partial charge in [0.25, 0.3) is 5.69 Å². The Labute approximate surface area is 117 Å². The van der Waals surface area contributed by atoms with Gasteiger partial charge in [0.2, 0.25) is 0 Å². The van der Waals surface area contributed by atoms with Crippen LogP contribution >= 0.6 is 0 Å². The van der Waals surface area contributed by atoms with E-state index in [-0.39, 0.29) is 17.1 Å². The van der Waals surface area contributed by atoms with Crippen molar-refractivity contribution in [3.63, 3.8) is 0 Å². The standard InChI is InChI=1S/C14H18N2O4/c1-10(17)11-4-5-12(13(8-11)16(18)19)15-6-7-20-14(2,3)9-15/h4-5,8H,6-7,9H2,1-3H3. The van der Waals surface area contributed by atoms with Gasteiger partial charge < -0.3 is 9.64 Å². The third-order valence-corrected chi connectivity index (χ3v) is 3.34. The Kier molecular flexibility index (Phi) is 3.76. The van der Waals surface area contributed by atoms with Gasteiger partial charge in [-0.15, -0.1) is 0 Å². The molecule has 1 aromatic rings. The van der Waals surface area contributed by atoms with Crippen LogP contribution in [-0.4, -0.2) is 36.0 Å². The Balaban J connectivity index is 2.40. The first-order valence-electron chi connectivity index (χ1n) is 6.48. The van der Waals surface area contributed by atoms with Crippen LogP contribution in [0.1, 0.15) is 31.1 Å². The molecule has 1 aliphatic heterocycles. The number of ether oxygens (including phenoxy) is 1. The first-order chi connectivity index (χ1) is 9.30. The van der Waals surface area contributed by atoms with Crippen molar-refractivity contribution < 1.29 is 14.5 Å². The van der Waals surface area contributed by atoms with Crippen LogP contribution in [0.3, 0.4) is 0 Å². The molecule has 1 fully saturated rings. The fraction of sp³-hybridized carbons (Fsp3) is 0.500. The van der Waals surface area contributed by atoms with Crippen LogP contribution in [-0.2, 0) is 4.74 Å². The van der Waals surface area contributed by atoms with E-state index in [1.54, 1.807) is 12.1 Å². The molecule has 1 aromatic carbocycles. The van der Waals surface area contributed by atoms with Gasteiger partial charge in [-0.25, -0.2) is 0 Å². The number of ketones is 1. The number of nitro benzene ring substituents is 1. The Morgan fingerprint density at radius 2 is 2.15 bits per heavy atom. The molecule has 0 atom stereocenters. The first-order valence-corrected chi connectivity index (χ1v) is 6.48. The molecule has 20 heavy (non-hydrogen) atoms. The number of nitro groups is 1. The Hall–Kier alpha value is -1.95. The van der Waals surface area contributed by atoms with Gasteiger partial charge in [0, 0.05) is 24.7 Å². The molecule has 0 bridgehead atoms. The number of carbonyl (C=O) groups is 1. The summed E-state index contributed by atoms with van der Waals surface area (Å²) in [7, 11) is 0. The van der Waals surface area contributed by atoms with Crippen molar-refractivity contribution in [2.75, 3.05) is 24.6 Å². The van der Waals surface area contributed by atoms with Crippen molar-refractivity contribution in [3.05, 3.63) is 33.9 Å². The summed E-state index contributed by atoms with van der Waals surface area (Å²) in [6.45, 7) is 7.01. The predicted octanol–water partition coefficient (Wildman–Crippen LogP) is 2.41. The largest absolute Gasteiger partial charge is 0.372 e. The van der Waals surface area contributed by atoms with Gasteiger partial charge in [-0.2, -0.15) is 0 Å². The molecule has 1 aliphatic rings. The molecule has 0 radical (unpaired) electrons. The number of hydrogen-bond acceptors (Lipinski definition) is 5. The zero-order chi connectivity index (χ0) is 14.9. The molecule has 0 amide bonds. The van der Waals surface area contributed by atoms with Crippen LogP contribution in [0.15, 0.2) is 18.2 Å². The maximum atomic E-state index is 11.4. The van der Waals surface area contributed by atoms with Crippen molar-refractivity contribution in [1.82, 2.24) is 0 Å². The number of nitrogens with zero attached hydrogens (tertiary/aromatic N) is 2. The molecule has 6 heteroatoms. The molecule has 2 rings (SSSR count). The summed E-state index contributed by atoms with van der Waals surface area (Å²) >= 11 is 0. The second kappa shape index (κ2) is 5.20. The SMILES string of the molecule is CC(=O)c1ccc(N2CCOC(C)(C)C2)c([N+](=O)[O-])c1. The summed E-state index contributed by atoms with van der Waals surface area (Å²) in [5, 5.41) is 11.2. The van der Waals surface area contributed by atoms with Gasteiger partial charge in [0.05, 0.1) is 17.1 Å². The summed E-state index contributed by atoms with van der Waals surface area (Å²) < 4.78 is 5.61. The number of rotatable bonds is 3. The fourth-order valence-corrected chi connectivity index (χ4v) is 2.38. The lowest BCUT2D eigenvalue weighted by Crippen LogP contribution is -2.48. The van der Waals surface area contributed by atoms with E-state index in [1.165, 1.54) is 13.0 Å². The minimum absolute atomic E-state index is 0.0320. The van der Waals surface area contributed by atoms with Crippen LogP contribution in [0, 0.1) is 10.1 Å². The first kappa shape index (κ1) is 14.5. The van der Waals surface area contributed by atoms with Crippen LogP contribution < -0.4 is 4.90 Å². The normalized spacial score (nSPS) is 17.9. The second-order valence-electron chi connectivity index (χ2n) is 5.55. The van der Waals surface area contributed by atoms with Crippen molar-refractivity contribution in [2.24, 2.45) is 0 Å². The predicted molar refractivity (Wildman–Crippen MR) is 75.3 cm³/mol. The van der Waals surface area contributed by atoms with Crippen LogP contribution in [0.2, 0.25) is 0 Å². The number of anilines is 1. The molecule has 1 heterocycles. The molecule has 108 valence electrons. The lowest BCUT2D eigenvalue weighted by molar-refractivity contribution is -0.384. The molecule has 1 saturated heterocycles. The molecule has 0 saturated carbocycles. The van der Waals surface area contributed by atoms with Gasteiger partial charge in [-0.3, -0.25) is 14.9 Å². The van der Waals surface area contributed by atoms with E-state index in [2.05, 4.69) is 0 Å². The summed E-state index contributed by atoms with van der Waals surface area (Å²) in [5.74, 6) is -0.179. The highest BCUT2D eigenvalue weighted by atomic mass is 16.6. The average Bonchev–Trinajstić information content (AvgIpc) is 2.36. The van der Waals surface area contributed by atoms with Gasteiger partial charge in [-0.05, 0) is 32.9 Å². The van der Waals surface area contributed by atoms with E-state index in [0.29, 0.717) is 30.9 Å². The van der Waals surface area contributed by atoms with E-state index >= 15 is 0 Å². The molecule has 0 spiro atoms. The number of benzene rings is 1. The van der Waals surface area contributed by atoms with Crippen molar-refractivity contribution in [1.29, 1.82) is 0 Å².